The summed E-state index contributed by atoms with van der Waals surface area (Å²) in [5.41, 5.74) is -0.859. The van der Waals surface area contributed by atoms with E-state index >= 15 is 0 Å². The predicted molar refractivity (Wildman–Crippen MR) is 84.6 cm³/mol. The molecule has 0 heterocycles. The fraction of sp³-hybridized carbons (Fsp3) is 0.222. The lowest BCUT2D eigenvalue weighted by atomic mass is 10.1. The summed E-state index contributed by atoms with van der Waals surface area (Å²) in [6, 6.07) is 13.2. The van der Waals surface area contributed by atoms with E-state index in [1.165, 1.54) is 12.1 Å². The van der Waals surface area contributed by atoms with Crippen LogP contribution in [0.2, 0.25) is 0 Å². The van der Waals surface area contributed by atoms with Crippen molar-refractivity contribution in [2.45, 2.75) is 12.7 Å². The van der Waals surface area contributed by atoms with Gasteiger partial charge in [0.05, 0.1) is 18.2 Å². The molecule has 0 unspecified atom stereocenters. The Balaban J connectivity index is 2.37. The van der Waals surface area contributed by atoms with Crippen LogP contribution < -0.4 is 0 Å². The van der Waals surface area contributed by atoms with Crippen LogP contribution in [0.25, 0.3) is 0 Å². The first-order valence-corrected chi connectivity index (χ1v) is 7.39. The number of nitrogens with zero attached hydrogens (tertiary/aromatic N) is 1. The molecular formula is C18H16F3NO3. The molecule has 1 amide bonds. The van der Waals surface area contributed by atoms with Gasteiger partial charge in [-0.25, -0.2) is 0 Å². The smallest absolute Gasteiger partial charge is 0.417 e. The van der Waals surface area contributed by atoms with Crippen molar-refractivity contribution in [2.75, 3.05) is 13.7 Å². The lowest BCUT2D eigenvalue weighted by Gasteiger charge is -2.23. The van der Waals surface area contributed by atoms with Gasteiger partial charge in [0.15, 0.2) is 0 Å². The van der Waals surface area contributed by atoms with Crippen molar-refractivity contribution >= 4 is 11.9 Å². The van der Waals surface area contributed by atoms with E-state index < -0.39 is 35.7 Å². The number of hydrogen-bond acceptors (Lipinski definition) is 3. The molecule has 0 N–H and O–H groups in total. The number of esters is 1. The molecule has 2 rings (SSSR count). The largest absolute Gasteiger partial charge is 0.468 e. The van der Waals surface area contributed by atoms with Gasteiger partial charge >= 0.3 is 12.1 Å². The minimum Gasteiger partial charge on any atom is -0.468 e. The highest BCUT2D eigenvalue weighted by Gasteiger charge is 2.36. The highest BCUT2D eigenvalue weighted by molar-refractivity contribution is 5.97. The average molecular weight is 351 g/mol. The first-order valence-electron chi connectivity index (χ1n) is 7.39. The molecule has 0 radical (unpaired) electrons. The second-order valence-corrected chi connectivity index (χ2v) is 5.27. The second-order valence-electron chi connectivity index (χ2n) is 5.27. The van der Waals surface area contributed by atoms with E-state index in [-0.39, 0.29) is 6.54 Å². The van der Waals surface area contributed by atoms with Gasteiger partial charge in [-0.2, -0.15) is 13.2 Å². The fourth-order valence-corrected chi connectivity index (χ4v) is 2.31. The minimum atomic E-state index is -4.67. The third-order valence-corrected chi connectivity index (χ3v) is 3.51. The summed E-state index contributed by atoms with van der Waals surface area (Å²) in [6.07, 6.45) is -4.67. The van der Waals surface area contributed by atoms with Crippen LogP contribution in [-0.4, -0.2) is 30.4 Å². The number of benzene rings is 2. The van der Waals surface area contributed by atoms with E-state index in [0.29, 0.717) is 5.56 Å². The van der Waals surface area contributed by atoms with Crippen molar-refractivity contribution in [2.24, 2.45) is 0 Å². The van der Waals surface area contributed by atoms with Crippen LogP contribution in [0.1, 0.15) is 21.5 Å². The van der Waals surface area contributed by atoms with Gasteiger partial charge in [0, 0.05) is 6.54 Å². The molecule has 0 aliphatic rings. The molecule has 0 saturated carbocycles. The van der Waals surface area contributed by atoms with Gasteiger partial charge in [-0.3, -0.25) is 9.59 Å². The summed E-state index contributed by atoms with van der Waals surface area (Å²) < 4.78 is 44.0. The van der Waals surface area contributed by atoms with E-state index in [9.17, 15) is 22.8 Å². The van der Waals surface area contributed by atoms with Crippen LogP contribution in [-0.2, 0) is 22.3 Å². The monoisotopic (exact) mass is 351 g/mol. The molecule has 2 aromatic rings. The first kappa shape index (κ1) is 18.5. The van der Waals surface area contributed by atoms with Crippen LogP contribution in [0.4, 0.5) is 13.2 Å². The van der Waals surface area contributed by atoms with Crippen LogP contribution in [0.15, 0.2) is 54.6 Å². The number of amides is 1. The summed E-state index contributed by atoms with van der Waals surface area (Å²) in [4.78, 5) is 25.3. The van der Waals surface area contributed by atoms with Gasteiger partial charge in [0.25, 0.3) is 5.91 Å². The molecule has 0 aliphatic carbocycles. The van der Waals surface area contributed by atoms with Gasteiger partial charge < -0.3 is 9.64 Å². The molecule has 2 aromatic carbocycles. The Morgan fingerprint density at radius 1 is 1.00 bits per heavy atom. The Kier molecular flexibility index (Phi) is 5.80. The second kappa shape index (κ2) is 7.83. The average Bonchev–Trinajstić information content (AvgIpc) is 2.60. The molecule has 0 fully saturated rings. The standard InChI is InChI=1S/C18H16F3NO3/c1-25-16(23)12-22(11-13-7-3-2-4-8-13)17(24)14-9-5-6-10-15(14)18(19,20)21/h2-10H,11-12H2,1H3. The molecule has 0 spiro atoms. The summed E-state index contributed by atoms with van der Waals surface area (Å²) >= 11 is 0. The van der Waals surface area contributed by atoms with Crippen molar-refractivity contribution in [3.63, 3.8) is 0 Å². The zero-order chi connectivity index (χ0) is 18.4. The van der Waals surface area contributed by atoms with Crippen molar-refractivity contribution < 1.29 is 27.5 Å². The molecule has 0 aromatic heterocycles. The topological polar surface area (TPSA) is 46.6 Å². The number of alkyl halides is 3. The van der Waals surface area contributed by atoms with Gasteiger partial charge in [-0.05, 0) is 17.7 Å². The van der Waals surface area contributed by atoms with Crippen LogP contribution >= 0.6 is 0 Å². The third kappa shape index (κ3) is 4.82. The maximum absolute atomic E-state index is 13.2. The lowest BCUT2D eigenvalue weighted by Crippen LogP contribution is -2.36. The number of methoxy groups -OCH3 is 1. The molecule has 7 heteroatoms. The molecule has 4 nitrogen and oxygen atoms in total. The van der Waals surface area contributed by atoms with Crippen LogP contribution in [0, 0.1) is 0 Å². The Hall–Kier alpha value is -2.83. The number of halogens is 3. The Bertz CT molecular complexity index is 745. The van der Waals surface area contributed by atoms with Crippen molar-refractivity contribution in [1.82, 2.24) is 4.90 Å². The normalized spacial score (nSPS) is 11.0. The Labute approximate surface area is 142 Å². The number of hydrogen-bond donors (Lipinski definition) is 0. The quantitative estimate of drug-likeness (QED) is 0.775. The molecule has 25 heavy (non-hydrogen) atoms. The van der Waals surface area contributed by atoms with E-state index in [4.69, 9.17) is 0 Å². The molecule has 0 bridgehead atoms. The Morgan fingerprint density at radius 3 is 2.20 bits per heavy atom. The summed E-state index contributed by atoms with van der Waals surface area (Å²) in [5.74, 6) is -1.60. The summed E-state index contributed by atoms with van der Waals surface area (Å²) in [6.45, 7) is -0.461. The zero-order valence-electron chi connectivity index (χ0n) is 13.4. The summed E-state index contributed by atoms with van der Waals surface area (Å²) in [5, 5.41) is 0. The van der Waals surface area contributed by atoms with Gasteiger partial charge in [-0.15, -0.1) is 0 Å². The van der Waals surface area contributed by atoms with Crippen molar-refractivity contribution in [3.05, 3.63) is 71.3 Å². The molecule has 0 saturated heterocycles. The molecule has 132 valence electrons. The van der Waals surface area contributed by atoms with Crippen LogP contribution in [0.5, 0.6) is 0 Å². The lowest BCUT2D eigenvalue weighted by molar-refractivity contribution is -0.141. The first-order chi connectivity index (χ1) is 11.8. The number of carbonyl (C=O) groups excluding carboxylic acids is 2. The number of rotatable bonds is 5. The zero-order valence-corrected chi connectivity index (χ0v) is 13.4. The van der Waals surface area contributed by atoms with E-state index in [0.717, 1.165) is 24.1 Å². The SMILES string of the molecule is COC(=O)CN(Cc1ccccc1)C(=O)c1ccccc1C(F)(F)F. The van der Waals surface area contributed by atoms with E-state index in [1.807, 2.05) is 0 Å². The highest BCUT2D eigenvalue weighted by atomic mass is 19.4. The number of carbonyl (C=O) groups is 2. The van der Waals surface area contributed by atoms with Gasteiger partial charge in [0.1, 0.15) is 6.54 Å². The third-order valence-electron chi connectivity index (χ3n) is 3.51. The molecule has 0 aliphatic heterocycles. The Morgan fingerprint density at radius 2 is 1.60 bits per heavy atom. The maximum atomic E-state index is 13.2. The number of ether oxygens (including phenoxy) is 1. The van der Waals surface area contributed by atoms with E-state index in [2.05, 4.69) is 4.74 Å². The maximum Gasteiger partial charge on any atom is 0.417 e. The minimum absolute atomic E-state index is 0.0129. The van der Waals surface area contributed by atoms with Crippen LogP contribution in [0.3, 0.4) is 0 Å². The highest BCUT2D eigenvalue weighted by Crippen LogP contribution is 2.32. The van der Waals surface area contributed by atoms with Crippen molar-refractivity contribution in [1.29, 1.82) is 0 Å². The van der Waals surface area contributed by atoms with Crippen molar-refractivity contribution in [3.8, 4) is 0 Å². The van der Waals surface area contributed by atoms with Gasteiger partial charge in [-0.1, -0.05) is 42.5 Å². The fourth-order valence-electron chi connectivity index (χ4n) is 2.31. The molecular weight excluding hydrogens is 335 g/mol. The van der Waals surface area contributed by atoms with Gasteiger partial charge in [0.2, 0.25) is 0 Å². The summed E-state index contributed by atoms with van der Waals surface area (Å²) in [7, 11) is 1.15. The predicted octanol–water partition coefficient (Wildman–Crippen LogP) is 3.52. The van der Waals surface area contributed by atoms with E-state index in [1.54, 1.807) is 30.3 Å². The molecule has 0 atom stereocenters.